The van der Waals surface area contributed by atoms with Crippen LogP contribution in [-0.2, 0) is 6.42 Å². The van der Waals surface area contributed by atoms with Gasteiger partial charge in [0.25, 0.3) is 0 Å². The molecule has 3 nitrogen and oxygen atoms in total. The molecule has 1 N–H and O–H groups in total. The molecule has 3 heteroatoms. The molecule has 0 saturated heterocycles. The Morgan fingerprint density at radius 1 is 1.22 bits per heavy atom. The highest BCUT2D eigenvalue weighted by molar-refractivity contribution is 5.23. The van der Waals surface area contributed by atoms with Crippen LogP contribution >= 0.6 is 0 Å². The monoisotopic (exact) mass is 244 g/mol. The van der Waals surface area contributed by atoms with Crippen LogP contribution in [0, 0.1) is 6.92 Å². The Bertz CT molecular complexity index is 499. The first-order chi connectivity index (χ1) is 8.58. The Morgan fingerprint density at radius 3 is 2.50 bits per heavy atom. The molecular weight excluding hydrogens is 224 g/mol. The first kappa shape index (κ1) is 12.8. The van der Waals surface area contributed by atoms with Crippen LogP contribution in [-0.4, -0.2) is 14.7 Å². The van der Waals surface area contributed by atoms with E-state index in [0.717, 1.165) is 11.3 Å². The van der Waals surface area contributed by atoms with E-state index >= 15 is 0 Å². The Morgan fingerprint density at radius 2 is 1.89 bits per heavy atom. The molecule has 1 aromatic heterocycles. The van der Waals surface area contributed by atoms with Crippen LogP contribution < -0.4 is 0 Å². The maximum Gasteiger partial charge on any atom is 0.0996 e. The summed E-state index contributed by atoms with van der Waals surface area (Å²) in [6, 6.07) is 8.59. The summed E-state index contributed by atoms with van der Waals surface area (Å²) in [6.07, 6.45) is 3.65. The topological polar surface area (TPSA) is 38.1 Å². The van der Waals surface area contributed by atoms with E-state index in [0.29, 0.717) is 12.5 Å². The van der Waals surface area contributed by atoms with Gasteiger partial charge in [-0.3, -0.25) is 0 Å². The van der Waals surface area contributed by atoms with E-state index in [2.05, 4.69) is 50.0 Å². The Labute approximate surface area is 108 Å². The number of rotatable bonds is 4. The summed E-state index contributed by atoms with van der Waals surface area (Å²) in [7, 11) is 0. The second-order valence-electron chi connectivity index (χ2n) is 5.03. The average molecular weight is 244 g/mol. The lowest BCUT2D eigenvalue weighted by Crippen LogP contribution is -2.10. The number of hydrogen-bond donors (Lipinski definition) is 1. The van der Waals surface area contributed by atoms with Gasteiger partial charge in [-0.25, -0.2) is 4.98 Å². The van der Waals surface area contributed by atoms with Gasteiger partial charge in [-0.15, -0.1) is 0 Å². The fraction of sp³-hybridized carbons (Fsp3) is 0.400. The fourth-order valence-electron chi connectivity index (χ4n) is 2.06. The van der Waals surface area contributed by atoms with E-state index in [-0.39, 0.29) is 0 Å². The van der Waals surface area contributed by atoms with Crippen LogP contribution in [0.15, 0.2) is 36.8 Å². The number of imidazole rings is 1. The van der Waals surface area contributed by atoms with Gasteiger partial charge in [0.05, 0.1) is 24.3 Å². The molecule has 2 rings (SSSR count). The van der Waals surface area contributed by atoms with E-state index in [1.807, 2.05) is 4.57 Å². The lowest BCUT2D eigenvalue weighted by atomic mass is 10.0. The van der Waals surface area contributed by atoms with Gasteiger partial charge in [0.1, 0.15) is 0 Å². The predicted octanol–water partition coefficient (Wildman–Crippen LogP) is 3.05. The van der Waals surface area contributed by atoms with Crippen molar-refractivity contribution in [3.8, 4) is 0 Å². The van der Waals surface area contributed by atoms with Crippen molar-refractivity contribution >= 4 is 0 Å². The largest absolute Gasteiger partial charge is 0.386 e. The summed E-state index contributed by atoms with van der Waals surface area (Å²) in [5.41, 5.74) is 3.26. The van der Waals surface area contributed by atoms with E-state index in [1.165, 1.54) is 5.56 Å². The molecule has 1 heterocycles. The Balaban J connectivity index is 2.14. The normalized spacial score (nSPS) is 12.9. The molecule has 1 aromatic carbocycles. The van der Waals surface area contributed by atoms with Gasteiger partial charge in [0.2, 0.25) is 0 Å². The van der Waals surface area contributed by atoms with Crippen LogP contribution in [0.5, 0.6) is 0 Å². The van der Waals surface area contributed by atoms with E-state index in [4.69, 9.17) is 0 Å². The summed E-state index contributed by atoms with van der Waals surface area (Å²) < 4.78 is 2.01. The maximum atomic E-state index is 10.3. The minimum Gasteiger partial charge on any atom is -0.386 e. The number of nitrogens with zero attached hydrogens (tertiary/aromatic N) is 2. The number of aliphatic hydroxyl groups is 1. The minimum absolute atomic E-state index is 0.315. The van der Waals surface area contributed by atoms with Gasteiger partial charge in [-0.05, 0) is 26.3 Å². The lowest BCUT2D eigenvalue weighted by molar-refractivity contribution is 0.167. The van der Waals surface area contributed by atoms with Crippen molar-refractivity contribution in [3.63, 3.8) is 0 Å². The zero-order chi connectivity index (χ0) is 13.1. The van der Waals surface area contributed by atoms with Crippen molar-refractivity contribution in [3.05, 3.63) is 53.6 Å². The van der Waals surface area contributed by atoms with Gasteiger partial charge < -0.3 is 9.67 Å². The van der Waals surface area contributed by atoms with Gasteiger partial charge >= 0.3 is 0 Å². The lowest BCUT2D eigenvalue weighted by Gasteiger charge is -2.16. The predicted molar refractivity (Wildman–Crippen MR) is 72.5 cm³/mol. The summed E-state index contributed by atoms with van der Waals surface area (Å²) in [5.74, 6) is 0. The van der Waals surface area contributed by atoms with Crippen LogP contribution in [0.4, 0.5) is 0 Å². The zero-order valence-electron chi connectivity index (χ0n) is 11.2. The van der Waals surface area contributed by atoms with Crippen molar-refractivity contribution in [2.24, 2.45) is 0 Å². The number of benzene rings is 1. The van der Waals surface area contributed by atoms with Crippen molar-refractivity contribution in [1.29, 1.82) is 0 Å². The van der Waals surface area contributed by atoms with Gasteiger partial charge in [-0.2, -0.15) is 0 Å². The summed E-state index contributed by atoms with van der Waals surface area (Å²) >= 11 is 0. The van der Waals surface area contributed by atoms with Crippen molar-refractivity contribution in [2.75, 3.05) is 0 Å². The average Bonchev–Trinajstić information content (AvgIpc) is 2.81. The summed E-state index contributed by atoms with van der Waals surface area (Å²) in [6.45, 7) is 6.24. The van der Waals surface area contributed by atoms with Gasteiger partial charge in [-0.1, -0.05) is 29.8 Å². The van der Waals surface area contributed by atoms with Gasteiger partial charge in [0, 0.05) is 12.5 Å². The SMILES string of the molecule is Cc1ccc(CC(O)c2cncn2C(C)C)cc1. The summed E-state index contributed by atoms with van der Waals surface area (Å²) in [4.78, 5) is 4.12. The number of aryl methyl sites for hydroxylation is 1. The van der Waals surface area contributed by atoms with Crippen LogP contribution in [0.25, 0.3) is 0 Å². The zero-order valence-corrected chi connectivity index (χ0v) is 11.2. The van der Waals surface area contributed by atoms with Crippen LogP contribution in [0.3, 0.4) is 0 Å². The minimum atomic E-state index is -0.502. The molecule has 0 amide bonds. The number of aromatic nitrogens is 2. The molecule has 0 aliphatic rings. The first-order valence-electron chi connectivity index (χ1n) is 6.33. The van der Waals surface area contributed by atoms with E-state index in [1.54, 1.807) is 12.5 Å². The third-order valence-electron chi connectivity index (χ3n) is 3.14. The smallest absolute Gasteiger partial charge is 0.0996 e. The third kappa shape index (κ3) is 2.79. The van der Waals surface area contributed by atoms with Gasteiger partial charge in [0.15, 0.2) is 0 Å². The molecule has 0 saturated carbocycles. The Kier molecular flexibility index (Phi) is 3.82. The fourth-order valence-corrected chi connectivity index (χ4v) is 2.06. The quantitative estimate of drug-likeness (QED) is 0.897. The second kappa shape index (κ2) is 5.36. The molecular formula is C15H20N2O. The molecule has 1 unspecified atom stereocenters. The van der Waals surface area contributed by atoms with E-state index in [9.17, 15) is 5.11 Å². The van der Waals surface area contributed by atoms with Crippen LogP contribution in [0.1, 0.15) is 42.8 Å². The molecule has 96 valence electrons. The highest BCUT2D eigenvalue weighted by Crippen LogP contribution is 2.21. The highest BCUT2D eigenvalue weighted by Gasteiger charge is 2.15. The second-order valence-corrected chi connectivity index (χ2v) is 5.03. The molecule has 1 atom stereocenters. The number of hydrogen-bond acceptors (Lipinski definition) is 2. The van der Waals surface area contributed by atoms with E-state index < -0.39 is 6.10 Å². The maximum absolute atomic E-state index is 10.3. The molecule has 0 aliphatic heterocycles. The first-order valence-corrected chi connectivity index (χ1v) is 6.33. The third-order valence-corrected chi connectivity index (χ3v) is 3.14. The standard InChI is InChI=1S/C15H20N2O/c1-11(2)17-10-16-9-14(17)15(18)8-13-6-4-12(3)5-7-13/h4-7,9-11,15,18H,8H2,1-3H3. The molecule has 0 aliphatic carbocycles. The summed E-state index contributed by atoms with van der Waals surface area (Å²) in [5, 5.41) is 10.3. The number of aliphatic hydroxyl groups excluding tert-OH is 1. The highest BCUT2D eigenvalue weighted by atomic mass is 16.3. The van der Waals surface area contributed by atoms with Crippen molar-refractivity contribution < 1.29 is 5.11 Å². The van der Waals surface area contributed by atoms with Crippen molar-refractivity contribution in [1.82, 2.24) is 9.55 Å². The molecule has 0 fully saturated rings. The molecule has 0 spiro atoms. The Hall–Kier alpha value is -1.61. The molecule has 18 heavy (non-hydrogen) atoms. The van der Waals surface area contributed by atoms with Crippen LogP contribution in [0.2, 0.25) is 0 Å². The molecule has 2 aromatic rings. The molecule has 0 radical (unpaired) electrons. The molecule has 0 bridgehead atoms. The van der Waals surface area contributed by atoms with Crippen molar-refractivity contribution in [2.45, 2.75) is 39.3 Å².